The van der Waals surface area contributed by atoms with Crippen LogP contribution in [0.4, 0.5) is 0 Å². The number of allylic oxidation sites excluding steroid dienone is 1. The maximum atomic E-state index is 5.16. The van der Waals surface area contributed by atoms with Crippen molar-refractivity contribution in [1.29, 1.82) is 0 Å². The molecule has 3 heteroatoms. The third-order valence-corrected chi connectivity index (χ3v) is 2.01. The molecular formula is C12H18N2O. The Morgan fingerprint density at radius 3 is 3.00 bits per heavy atom. The lowest BCUT2D eigenvalue weighted by Crippen LogP contribution is -2.14. The van der Waals surface area contributed by atoms with Crippen LogP contribution in [0.5, 0.6) is 5.88 Å². The molecule has 1 aromatic heterocycles. The van der Waals surface area contributed by atoms with Crippen molar-refractivity contribution in [2.24, 2.45) is 0 Å². The molecule has 1 heterocycles. The normalized spacial score (nSPS) is 9.80. The van der Waals surface area contributed by atoms with Crippen molar-refractivity contribution < 1.29 is 4.74 Å². The molecule has 1 N–H and O–H groups in total. The summed E-state index contributed by atoms with van der Waals surface area (Å²) in [6.45, 7) is 5.83. The lowest BCUT2D eigenvalue weighted by atomic mass is 10.2. The van der Waals surface area contributed by atoms with Crippen LogP contribution >= 0.6 is 0 Å². The molecule has 1 rings (SSSR count). The molecule has 0 aliphatic carbocycles. The zero-order valence-corrected chi connectivity index (χ0v) is 9.58. The zero-order valence-electron chi connectivity index (χ0n) is 9.58. The largest absolute Gasteiger partial charge is 0.481 e. The standard InChI is InChI=1S/C12H18N2O/c1-10(2)6-8-13-9-11-5-4-7-14-12(11)15-3/h4-7,13H,8-9H2,1-3H3. The number of hydrogen-bond donors (Lipinski definition) is 1. The van der Waals surface area contributed by atoms with Gasteiger partial charge in [0.2, 0.25) is 5.88 Å². The number of nitrogens with zero attached hydrogens (tertiary/aromatic N) is 1. The van der Waals surface area contributed by atoms with E-state index >= 15 is 0 Å². The van der Waals surface area contributed by atoms with Gasteiger partial charge in [0.15, 0.2) is 0 Å². The molecule has 0 aliphatic heterocycles. The molecule has 0 bridgehead atoms. The Kier molecular flexibility index (Phi) is 4.84. The predicted octanol–water partition coefficient (Wildman–Crippen LogP) is 2.15. The van der Waals surface area contributed by atoms with Crippen molar-refractivity contribution in [2.45, 2.75) is 20.4 Å². The summed E-state index contributed by atoms with van der Waals surface area (Å²) < 4.78 is 5.16. The lowest BCUT2D eigenvalue weighted by molar-refractivity contribution is 0.391. The smallest absolute Gasteiger partial charge is 0.217 e. The van der Waals surface area contributed by atoms with Crippen molar-refractivity contribution in [1.82, 2.24) is 10.3 Å². The molecule has 0 saturated carbocycles. The molecule has 0 radical (unpaired) electrons. The first-order valence-corrected chi connectivity index (χ1v) is 5.06. The van der Waals surface area contributed by atoms with E-state index in [1.165, 1.54) is 5.57 Å². The summed E-state index contributed by atoms with van der Waals surface area (Å²) in [7, 11) is 1.64. The van der Waals surface area contributed by atoms with E-state index in [0.717, 1.165) is 18.7 Å². The first-order valence-electron chi connectivity index (χ1n) is 5.06. The van der Waals surface area contributed by atoms with Gasteiger partial charge in [0.1, 0.15) is 0 Å². The van der Waals surface area contributed by atoms with Gasteiger partial charge in [-0.1, -0.05) is 17.7 Å². The van der Waals surface area contributed by atoms with Crippen molar-refractivity contribution >= 4 is 0 Å². The first-order chi connectivity index (χ1) is 7.24. The van der Waals surface area contributed by atoms with E-state index in [9.17, 15) is 0 Å². The fourth-order valence-electron chi connectivity index (χ4n) is 1.23. The number of aromatic nitrogens is 1. The molecule has 0 atom stereocenters. The van der Waals surface area contributed by atoms with Gasteiger partial charge in [-0.15, -0.1) is 0 Å². The molecule has 82 valence electrons. The van der Waals surface area contributed by atoms with E-state index in [0.29, 0.717) is 5.88 Å². The van der Waals surface area contributed by atoms with Gasteiger partial charge in [-0.3, -0.25) is 0 Å². The second-order valence-corrected chi connectivity index (χ2v) is 3.58. The maximum absolute atomic E-state index is 5.16. The molecule has 0 fully saturated rings. The Morgan fingerprint density at radius 2 is 2.33 bits per heavy atom. The Bertz CT molecular complexity index is 330. The van der Waals surface area contributed by atoms with Gasteiger partial charge in [0.25, 0.3) is 0 Å². The molecule has 1 aromatic rings. The van der Waals surface area contributed by atoms with Gasteiger partial charge < -0.3 is 10.1 Å². The van der Waals surface area contributed by atoms with Gasteiger partial charge >= 0.3 is 0 Å². The van der Waals surface area contributed by atoms with E-state index in [-0.39, 0.29) is 0 Å². The van der Waals surface area contributed by atoms with Crippen LogP contribution < -0.4 is 10.1 Å². The number of pyridine rings is 1. The highest BCUT2D eigenvalue weighted by Crippen LogP contribution is 2.12. The molecule has 0 saturated heterocycles. The third kappa shape index (κ3) is 4.13. The van der Waals surface area contributed by atoms with E-state index in [1.54, 1.807) is 13.3 Å². The van der Waals surface area contributed by atoms with Gasteiger partial charge in [0.05, 0.1) is 7.11 Å². The molecule has 3 nitrogen and oxygen atoms in total. The Morgan fingerprint density at radius 1 is 1.53 bits per heavy atom. The molecule has 15 heavy (non-hydrogen) atoms. The number of rotatable bonds is 5. The lowest BCUT2D eigenvalue weighted by Gasteiger charge is -2.06. The fourth-order valence-corrected chi connectivity index (χ4v) is 1.23. The summed E-state index contributed by atoms with van der Waals surface area (Å²) in [5.41, 5.74) is 2.41. The zero-order chi connectivity index (χ0) is 11.1. The van der Waals surface area contributed by atoms with Gasteiger partial charge in [-0.05, 0) is 19.9 Å². The topological polar surface area (TPSA) is 34.1 Å². The van der Waals surface area contributed by atoms with Crippen LogP contribution in [-0.2, 0) is 6.54 Å². The first kappa shape index (κ1) is 11.7. The second-order valence-electron chi connectivity index (χ2n) is 3.58. The summed E-state index contributed by atoms with van der Waals surface area (Å²) in [6.07, 6.45) is 3.89. The van der Waals surface area contributed by atoms with Crippen molar-refractivity contribution in [2.75, 3.05) is 13.7 Å². The SMILES string of the molecule is COc1ncccc1CNCC=C(C)C. The summed E-state index contributed by atoms with van der Waals surface area (Å²) >= 11 is 0. The molecule has 0 amide bonds. The third-order valence-electron chi connectivity index (χ3n) is 2.01. The van der Waals surface area contributed by atoms with Crippen LogP contribution in [0.15, 0.2) is 30.0 Å². The number of nitrogens with one attached hydrogen (secondary N) is 1. The fraction of sp³-hybridized carbons (Fsp3) is 0.417. The average molecular weight is 206 g/mol. The van der Waals surface area contributed by atoms with Crippen LogP contribution in [0, 0.1) is 0 Å². The van der Waals surface area contributed by atoms with Crippen LogP contribution in [0.1, 0.15) is 19.4 Å². The molecule has 0 unspecified atom stereocenters. The summed E-state index contributed by atoms with van der Waals surface area (Å²) in [6, 6.07) is 3.93. The highest BCUT2D eigenvalue weighted by Gasteiger charge is 2.00. The minimum Gasteiger partial charge on any atom is -0.481 e. The van der Waals surface area contributed by atoms with Gasteiger partial charge in [-0.25, -0.2) is 4.98 Å². The van der Waals surface area contributed by atoms with Crippen LogP contribution in [-0.4, -0.2) is 18.6 Å². The van der Waals surface area contributed by atoms with E-state index < -0.39 is 0 Å². The summed E-state index contributed by atoms with van der Waals surface area (Å²) in [5.74, 6) is 0.696. The average Bonchev–Trinajstić information content (AvgIpc) is 2.24. The van der Waals surface area contributed by atoms with E-state index in [2.05, 4.69) is 30.2 Å². The van der Waals surface area contributed by atoms with Gasteiger partial charge in [0, 0.05) is 24.8 Å². The van der Waals surface area contributed by atoms with E-state index in [4.69, 9.17) is 4.74 Å². The Hall–Kier alpha value is -1.35. The number of methoxy groups -OCH3 is 1. The molecule has 0 aliphatic rings. The van der Waals surface area contributed by atoms with Gasteiger partial charge in [-0.2, -0.15) is 0 Å². The molecular weight excluding hydrogens is 188 g/mol. The van der Waals surface area contributed by atoms with Crippen molar-refractivity contribution in [3.63, 3.8) is 0 Å². The minimum atomic E-state index is 0.696. The van der Waals surface area contributed by atoms with Crippen molar-refractivity contribution in [3.05, 3.63) is 35.5 Å². The monoisotopic (exact) mass is 206 g/mol. The van der Waals surface area contributed by atoms with Crippen molar-refractivity contribution in [3.8, 4) is 5.88 Å². The minimum absolute atomic E-state index is 0.696. The second kappa shape index (κ2) is 6.19. The summed E-state index contributed by atoms with van der Waals surface area (Å²) in [5, 5.41) is 3.31. The van der Waals surface area contributed by atoms with Crippen LogP contribution in [0.3, 0.4) is 0 Å². The molecule has 0 spiro atoms. The van der Waals surface area contributed by atoms with E-state index in [1.807, 2.05) is 12.1 Å². The van der Waals surface area contributed by atoms with Crippen LogP contribution in [0.2, 0.25) is 0 Å². The number of ether oxygens (including phenoxy) is 1. The highest BCUT2D eigenvalue weighted by molar-refractivity contribution is 5.25. The summed E-state index contributed by atoms with van der Waals surface area (Å²) in [4.78, 5) is 4.13. The van der Waals surface area contributed by atoms with Crippen LogP contribution in [0.25, 0.3) is 0 Å². The quantitative estimate of drug-likeness (QED) is 0.592. The maximum Gasteiger partial charge on any atom is 0.217 e. The predicted molar refractivity (Wildman–Crippen MR) is 61.9 cm³/mol. The Balaban J connectivity index is 2.46. The number of hydrogen-bond acceptors (Lipinski definition) is 3. The molecule has 0 aromatic carbocycles. The Labute approximate surface area is 91.2 Å². The highest BCUT2D eigenvalue weighted by atomic mass is 16.5.